The molecule has 0 radical (unpaired) electrons. The minimum Gasteiger partial charge on any atom is -0.493 e. The molecule has 1 heterocycles. The summed E-state index contributed by atoms with van der Waals surface area (Å²) in [5.41, 5.74) is 2.50. The smallest absolute Gasteiger partial charge is 0.264 e. The number of nitrogens with zero attached hydrogens (tertiary/aromatic N) is 3. The number of carbonyl (C=O) groups is 1. The van der Waals surface area contributed by atoms with E-state index in [4.69, 9.17) is 44.3 Å². The van der Waals surface area contributed by atoms with Crippen LogP contribution in [0.4, 0.5) is 5.69 Å². The lowest BCUT2D eigenvalue weighted by Gasteiger charge is -2.36. The van der Waals surface area contributed by atoms with Crippen molar-refractivity contribution in [1.29, 1.82) is 5.26 Å². The van der Waals surface area contributed by atoms with E-state index in [1.165, 1.54) is 13.2 Å². The quantitative estimate of drug-likeness (QED) is 0.246. The van der Waals surface area contributed by atoms with Gasteiger partial charge in [0.25, 0.3) is 5.91 Å². The van der Waals surface area contributed by atoms with Crippen molar-refractivity contribution in [3.63, 3.8) is 0 Å². The fourth-order valence-electron chi connectivity index (χ4n) is 4.03. The Morgan fingerprint density at radius 2 is 1.70 bits per heavy atom. The zero-order chi connectivity index (χ0) is 26.4. The van der Waals surface area contributed by atoms with Crippen LogP contribution in [0.5, 0.6) is 11.5 Å². The van der Waals surface area contributed by atoms with Crippen molar-refractivity contribution in [3.8, 4) is 17.6 Å². The molecule has 1 saturated heterocycles. The second-order valence-electron chi connectivity index (χ2n) is 8.36. The van der Waals surface area contributed by atoms with Crippen LogP contribution < -0.4 is 14.4 Å². The van der Waals surface area contributed by atoms with Crippen molar-refractivity contribution in [2.45, 2.75) is 6.61 Å². The van der Waals surface area contributed by atoms with Crippen molar-refractivity contribution in [3.05, 3.63) is 92.4 Å². The van der Waals surface area contributed by atoms with Crippen LogP contribution in [0.2, 0.25) is 15.1 Å². The molecule has 0 unspecified atom stereocenters. The Morgan fingerprint density at radius 1 is 0.973 bits per heavy atom. The van der Waals surface area contributed by atoms with Gasteiger partial charge in [-0.2, -0.15) is 5.26 Å². The first-order valence-corrected chi connectivity index (χ1v) is 12.7. The van der Waals surface area contributed by atoms with E-state index in [2.05, 4.69) is 4.90 Å². The minimum atomic E-state index is -0.315. The number of methoxy groups -OCH3 is 1. The normalized spacial score (nSPS) is 13.8. The van der Waals surface area contributed by atoms with Crippen molar-refractivity contribution in [2.75, 3.05) is 38.2 Å². The molecule has 3 aromatic rings. The summed E-state index contributed by atoms with van der Waals surface area (Å²) < 4.78 is 11.4. The average Bonchev–Trinajstić information content (AvgIpc) is 2.93. The van der Waals surface area contributed by atoms with Crippen LogP contribution in [0.15, 0.2) is 66.2 Å². The van der Waals surface area contributed by atoms with Gasteiger partial charge < -0.3 is 19.3 Å². The number of halogens is 3. The summed E-state index contributed by atoms with van der Waals surface area (Å²) >= 11 is 18.6. The predicted molar refractivity (Wildman–Crippen MR) is 148 cm³/mol. The average molecular weight is 557 g/mol. The van der Waals surface area contributed by atoms with Gasteiger partial charge in [-0.05, 0) is 53.6 Å². The molecule has 0 aromatic heterocycles. The summed E-state index contributed by atoms with van der Waals surface area (Å²) in [5, 5.41) is 10.9. The first-order valence-electron chi connectivity index (χ1n) is 11.5. The molecule has 3 aromatic carbocycles. The van der Waals surface area contributed by atoms with Crippen LogP contribution in [0, 0.1) is 11.3 Å². The highest BCUT2D eigenvalue weighted by Crippen LogP contribution is 2.38. The topological polar surface area (TPSA) is 65.8 Å². The summed E-state index contributed by atoms with van der Waals surface area (Å²) in [6, 6.07) is 20.6. The second-order valence-corrected chi connectivity index (χ2v) is 9.58. The maximum atomic E-state index is 13.1. The number of benzene rings is 3. The summed E-state index contributed by atoms with van der Waals surface area (Å²) in [7, 11) is 1.49. The third kappa shape index (κ3) is 6.50. The van der Waals surface area contributed by atoms with Gasteiger partial charge >= 0.3 is 0 Å². The molecule has 0 bridgehead atoms. The highest BCUT2D eigenvalue weighted by molar-refractivity contribution is 6.42. The Balaban J connectivity index is 1.47. The molecule has 1 aliphatic rings. The Hall–Kier alpha value is -3.37. The number of amides is 1. The molecule has 0 atom stereocenters. The molecule has 0 N–H and O–H groups in total. The number of piperazine rings is 1. The van der Waals surface area contributed by atoms with E-state index in [9.17, 15) is 10.1 Å². The largest absolute Gasteiger partial charge is 0.493 e. The third-order valence-electron chi connectivity index (χ3n) is 5.97. The van der Waals surface area contributed by atoms with Crippen molar-refractivity contribution in [2.24, 2.45) is 0 Å². The predicted octanol–water partition coefficient (Wildman–Crippen LogP) is 6.49. The Bertz CT molecular complexity index is 1350. The van der Waals surface area contributed by atoms with E-state index in [1.54, 1.807) is 35.2 Å². The standard InChI is InChI=1S/C28H24Cl3N3O3/c1-36-26-16-20(15-25(31)27(26)37-18-19-7-8-23(29)24(30)14-19)13-21(17-32)28(35)34-11-9-33(10-12-34)22-5-3-2-4-6-22/h2-8,13-16H,9-12,18H2,1H3/b21-13-. The first-order chi connectivity index (χ1) is 17.9. The number of hydrogen-bond donors (Lipinski definition) is 0. The van der Waals surface area contributed by atoms with Gasteiger partial charge in [-0.25, -0.2) is 0 Å². The van der Waals surface area contributed by atoms with Gasteiger partial charge in [-0.15, -0.1) is 0 Å². The van der Waals surface area contributed by atoms with Gasteiger partial charge in [0.05, 0.1) is 22.2 Å². The number of ether oxygens (including phenoxy) is 2. The van der Waals surface area contributed by atoms with E-state index in [1.807, 2.05) is 36.4 Å². The van der Waals surface area contributed by atoms with E-state index in [0.29, 0.717) is 53.3 Å². The lowest BCUT2D eigenvalue weighted by molar-refractivity contribution is -0.126. The van der Waals surface area contributed by atoms with E-state index >= 15 is 0 Å². The number of anilines is 1. The fourth-order valence-corrected chi connectivity index (χ4v) is 4.63. The lowest BCUT2D eigenvalue weighted by atomic mass is 10.1. The van der Waals surface area contributed by atoms with Crippen LogP contribution in [0.3, 0.4) is 0 Å². The maximum absolute atomic E-state index is 13.1. The highest BCUT2D eigenvalue weighted by Gasteiger charge is 2.24. The molecule has 0 saturated carbocycles. The molecule has 9 heteroatoms. The first kappa shape index (κ1) is 26.7. The lowest BCUT2D eigenvalue weighted by Crippen LogP contribution is -2.49. The number of hydrogen-bond acceptors (Lipinski definition) is 5. The number of carbonyl (C=O) groups excluding carboxylic acids is 1. The molecule has 1 amide bonds. The van der Waals surface area contributed by atoms with Crippen LogP contribution in [0.25, 0.3) is 6.08 Å². The van der Waals surface area contributed by atoms with Gasteiger partial charge in [0.2, 0.25) is 0 Å². The second kappa shape index (κ2) is 12.2. The summed E-state index contributed by atoms with van der Waals surface area (Å²) in [6.07, 6.45) is 1.52. The molecular formula is C28H24Cl3N3O3. The zero-order valence-electron chi connectivity index (χ0n) is 20.1. The Morgan fingerprint density at radius 3 is 2.35 bits per heavy atom. The van der Waals surface area contributed by atoms with E-state index < -0.39 is 0 Å². The third-order valence-corrected chi connectivity index (χ3v) is 6.99. The van der Waals surface area contributed by atoms with Gasteiger partial charge in [0, 0.05) is 31.9 Å². The summed E-state index contributed by atoms with van der Waals surface area (Å²) in [4.78, 5) is 17.0. The van der Waals surface area contributed by atoms with Gasteiger partial charge in [0.1, 0.15) is 18.2 Å². The van der Waals surface area contributed by atoms with Crippen LogP contribution in [-0.4, -0.2) is 44.1 Å². The molecule has 0 spiro atoms. The van der Waals surface area contributed by atoms with Crippen LogP contribution in [0.1, 0.15) is 11.1 Å². The summed E-state index contributed by atoms with van der Waals surface area (Å²) in [6.45, 7) is 2.63. The van der Waals surface area contributed by atoms with Gasteiger partial charge in [0.15, 0.2) is 11.5 Å². The molecule has 4 rings (SSSR count). The van der Waals surface area contributed by atoms with E-state index in [-0.39, 0.29) is 23.1 Å². The summed E-state index contributed by atoms with van der Waals surface area (Å²) in [5.74, 6) is 0.402. The van der Waals surface area contributed by atoms with Gasteiger partial charge in [-0.1, -0.05) is 59.1 Å². The van der Waals surface area contributed by atoms with Crippen molar-refractivity contribution in [1.82, 2.24) is 4.90 Å². The Kier molecular flexibility index (Phi) is 8.83. The highest BCUT2D eigenvalue weighted by atomic mass is 35.5. The van der Waals surface area contributed by atoms with Gasteiger partial charge in [-0.3, -0.25) is 4.79 Å². The molecule has 1 fully saturated rings. The van der Waals surface area contributed by atoms with Crippen molar-refractivity contribution < 1.29 is 14.3 Å². The number of para-hydroxylation sites is 1. The SMILES string of the molecule is COc1cc(/C=C(/C#N)C(=O)N2CCN(c3ccccc3)CC2)cc(Cl)c1OCc1ccc(Cl)c(Cl)c1. The molecule has 37 heavy (non-hydrogen) atoms. The molecular weight excluding hydrogens is 533 g/mol. The Labute approximate surface area is 231 Å². The number of rotatable bonds is 7. The fraction of sp³-hybridized carbons (Fsp3) is 0.214. The molecule has 6 nitrogen and oxygen atoms in total. The molecule has 190 valence electrons. The molecule has 1 aliphatic heterocycles. The maximum Gasteiger partial charge on any atom is 0.264 e. The monoisotopic (exact) mass is 555 g/mol. The van der Waals surface area contributed by atoms with Crippen LogP contribution in [-0.2, 0) is 11.4 Å². The molecule has 0 aliphatic carbocycles. The minimum absolute atomic E-state index is 0.0238. The number of nitriles is 1. The van der Waals surface area contributed by atoms with E-state index in [0.717, 1.165) is 11.3 Å². The van der Waals surface area contributed by atoms with Crippen molar-refractivity contribution >= 4 is 52.5 Å². The zero-order valence-corrected chi connectivity index (χ0v) is 22.4. The van der Waals surface area contributed by atoms with Crippen LogP contribution >= 0.6 is 34.8 Å².